The summed E-state index contributed by atoms with van der Waals surface area (Å²) in [5.41, 5.74) is 9.42. The molecule has 31 heavy (non-hydrogen) atoms. The Bertz CT molecular complexity index is 1030. The van der Waals surface area contributed by atoms with Crippen LogP contribution in [0, 0.1) is 0 Å². The van der Waals surface area contributed by atoms with E-state index in [-0.39, 0.29) is 5.91 Å². The van der Waals surface area contributed by atoms with Crippen LogP contribution >= 0.6 is 0 Å². The molecule has 6 heteroatoms. The van der Waals surface area contributed by atoms with Gasteiger partial charge in [-0.1, -0.05) is 49.7 Å². The molecular weight excluding hydrogens is 386 g/mol. The highest BCUT2D eigenvalue weighted by Gasteiger charge is 2.22. The predicted octanol–water partition coefficient (Wildman–Crippen LogP) is 3.44. The lowest BCUT2D eigenvalue weighted by Crippen LogP contribution is -2.48. The van der Waals surface area contributed by atoms with Gasteiger partial charge < -0.3 is 10.6 Å². The first kappa shape index (κ1) is 21.2. The van der Waals surface area contributed by atoms with Gasteiger partial charge in [-0.25, -0.2) is 9.97 Å². The maximum absolute atomic E-state index is 12.7. The molecule has 1 aromatic heterocycles. The maximum Gasteiger partial charge on any atom is 0.227 e. The summed E-state index contributed by atoms with van der Waals surface area (Å²) in [7, 11) is 0. The molecule has 0 spiro atoms. The molecule has 162 valence electrons. The fraction of sp³-hybridized carbons (Fsp3) is 0.400. The molecule has 0 bridgehead atoms. The molecule has 3 aromatic rings. The summed E-state index contributed by atoms with van der Waals surface area (Å²) in [6, 6.07) is 16.3. The number of anilines is 1. The van der Waals surface area contributed by atoms with Crippen molar-refractivity contribution in [2.45, 2.75) is 39.2 Å². The van der Waals surface area contributed by atoms with Gasteiger partial charge >= 0.3 is 0 Å². The first-order chi connectivity index (χ1) is 15.1. The predicted molar refractivity (Wildman–Crippen MR) is 125 cm³/mol. The zero-order valence-electron chi connectivity index (χ0n) is 18.3. The number of unbranched alkanes of at least 4 members (excludes halogenated alkanes) is 1. The molecule has 2 heterocycles. The number of aryl methyl sites for hydroxylation is 1. The largest absolute Gasteiger partial charge is 0.383 e. The molecule has 0 aliphatic carbocycles. The molecule has 4 rings (SSSR count). The second kappa shape index (κ2) is 9.88. The highest BCUT2D eigenvalue weighted by molar-refractivity contribution is 5.87. The van der Waals surface area contributed by atoms with E-state index in [0.717, 1.165) is 54.9 Å². The number of nitrogen functional groups attached to an aromatic ring is 1. The van der Waals surface area contributed by atoms with Crippen molar-refractivity contribution in [1.29, 1.82) is 0 Å². The van der Waals surface area contributed by atoms with Crippen LogP contribution in [0.2, 0.25) is 0 Å². The van der Waals surface area contributed by atoms with Crippen molar-refractivity contribution in [1.82, 2.24) is 19.8 Å². The Morgan fingerprint density at radius 3 is 2.42 bits per heavy atom. The van der Waals surface area contributed by atoms with Crippen molar-refractivity contribution >= 4 is 22.6 Å². The molecule has 6 nitrogen and oxygen atoms in total. The van der Waals surface area contributed by atoms with Gasteiger partial charge in [-0.05, 0) is 36.1 Å². The Morgan fingerprint density at radius 2 is 1.68 bits per heavy atom. The van der Waals surface area contributed by atoms with Gasteiger partial charge in [-0.15, -0.1) is 0 Å². The maximum atomic E-state index is 12.7. The van der Waals surface area contributed by atoms with E-state index in [1.54, 1.807) is 0 Å². The second-order valence-corrected chi connectivity index (χ2v) is 8.30. The standard InChI is InChI=1S/C25H31N5O/c1-2-3-6-19-9-11-20(12-10-19)17-24(31)30-15-13-29(14-16-30)18-23-27-22-8-5-4-7-21(22)25(26)28-23/h4-5,7-12H,2-3,6,13-18H2,1H3,(H2,26,27,28). The average Bonchev–Trinajstić information content (AvgIpc) is 2.79. The Hall–Kier alpha value is -2.99. The second-order valence-electron chi connectivity index (χ2n) is 8.30. The van der Waals surface area contributed by atoms with E-state index >= 15 is 0 Å². The van der Waals surface area contributed by atoms with Crippen molar-refractivity contribution in [2.75, 3.05) is 31.9 Å². The Morgan fingerprint density at radius 1 is 0.968 bits per heavy atom. The third-order valence-electron chi connectivity index (χ3n) is 5.97. The zero-order valence-corrected chi connectivity index (χ0v) is 18.3. The number of benzene rings is 2. The van der Waals surface area contributed by atoms with Gasteiger partial charge in [0.25, 0.3) is 0 Å². The van der Waals surface area contributed by atoms with Crippen molar-refractivity contribution in [3.63, 3.8) is 0 Å². The average molecular weight is 418 g/mol. The molecule has 0 atom stereocenters. The molecule has 0 saturated carbocycles. The molecule has 0 radical (unpaired) electrons. The number of para-hydroxylation sites is 1. The first-order valence-corrected chi connectivity index (χ1v) is 11.2. The van der Waals surface area contributed by atoms with Gasteiger partial charge in [0, 0.05) is 31.6 Å². The fourth-order valence-corrected chi connectivity index (χ4v) is 4.07. The number of carbonyl (C=O) groups is 1. The zero-order chi connectivity index (χ0) is 21.6. The molecular formula is C25H31N5O. The van der Waals surface area contributed by atoms with E-state index < -0.39 is 0 Å². The lowest BCUT2D eigenvalue weighted by Gasteiger charge is -2.34. The Balaban J connectivity index is 1.29. The third-order valence-corrected chi connectivity index (χ3v) is 5.97. The molecule has 1 saturated heterocycles. The molecule has 1 fully saturated rings. The SMILES string of the molecule is CCCCc1ccc(CC(=O)N2CCN(Cc3nc(N)c4ccccc4n3)CC2)cc1. The van der Waals surface area contributed by atoms with Gasteiger partial charge in [0.1, 0.15) is 11.6 Å². The minimum absolute atomic E-state index is 0.201. The van der Waals surface area contributed by atoms with E-state index in [1.165, 1.54) is 18.4 Å². The topological polar surface area (TPSA) is 75.4 Å². The number of fused-ring (bicyclic) bond motifs is 1. The highest BCUT2D eigenvalue weighted by Crippen LogP contribution is 2.18. The molecule has 2 N–H and O–H groups in total. The summed E-state index contributed by atoms with van der Waals surface area (Å²) in [5.74, 6) is 1.46. The van der Waals surface area contributed by atoms with Crippen LogP contribution in [0.4, 0.5) is 5.82 Å². The van der Waals surface area contributed by atoms with Crippen LogP contribution in [0.5, 0.6) is 0 Å². The number of aromatic nitrogens is 2. The number of nitrogens with two attached hydrogens (primary N) is 1. The van der Waals surface area contributed by atoms with Crippen LogP contribution in [0.15, 0.2) is 48.5 Å². The first-order valence-electron chi connectivity index (χ1n) is 11.2. The summed E-state index contributed by atoms with van der Waals surface area (Å²) >= 11 is 0. The lowest BCUT2D eigenvalue weighted by molar-refractivity contribution is -0.132. The van der Waals surface area contributed by atoms with Gasteiger partial charge in [0.05, 0.1) is 18.5 Å². The monoisotopic (exact) mass is 417 g/mol. The smallest absolute Gasteiger partial charge is 0.227 e. The van der Waals surface area contributed by atoms with E-state index in [4.69, 9.17) is 5.73 Å². The van der Waals surface area contributed by atoms with Gasteiger partial charge in [-0.3, -0.25) is 9.69 Å². The van der Waals surface area contributed by atoms with E-state index in [2.05, 4.69) is 46.1 Å². The van der Waals surface area contributed by atoms with E-state index in [1.807, 2.05) is 29.2 Å². The molecule has 0 unspecified atom stereocenters. The van der Waals surface area contributed by atoms with Crippen LogP contribution in [0.1, 0.15) is 36.7 Å². The number of nitrogens with zero attached hydrogens (tertiary/aromatic N) is 4. The van der Waals surface area contributed by atoms with E-state index in [0.29, 0.717) is 18.8 Å². The van der Waals surface area contributed by atoms with Gasteiger partial charge in [0.15, 0.2) is 0 Å². The lowest BCUT2D eigenvalue weighted by atomic mass is 10.0. The number of hydrogen-bond acceptors (Lipinski definition) is 5. The Kier molecular flexibility index (Phi) is 6.77. The number of amides is 1. The van der Waals surface area contributed by atoms with Crippen LogP contribution in [0.25, 0.3) is 10.9 Å². The van der Waals surface area contributed by atoms with Crippen LogP contribution in [0.3, 0.4) is 0 Å². The van der Waals surface area contributed by atoms with E-state index in [9.17, 15) is 4.79 Å². The number of rotatable bonds is 7. The number of piperazine rings is 1. The Labute approximate surface area is 184 Å². The van der Waals surface area contributed by atoms with Crippen molar-refractivity contribution in [2.24, 2.45) is 0 Å². The minimum Gasteiger partial charge on any atom is -0.383 e. The van der Waals surface area contributed by atoms with Gasteiger partial charge in [-0.2, -0.15) is 0 Å². The summed E-state index contributed by atoms with van der Waals surface area (Å²) in [6.45, 7) is 5.95. The van der Waals surface area contributed by atoms with Gasteiger partial charge in [0.2, 0.25) is 5.91 Å². The molecule has 1 aliphatic heterocycles. The molecule has 1 amide bonds. The van der Waals surface area contributed by atoms with Crippen LogP contribution in [-0.4, -0.2) is 51.9 Å². The fourth-order valence-electron chi connectivity index (χ4n) is 4.07. The van der Waals surface area contributed by atoms with Crippen molar-refractivity contribution in [3.05, 3.63) is 65.5 Å². The summed E-state index contributed by atoms with van der Waals surface area (Å²) in [5, 5.41) is 0.889. The summed E-state index contributed by atoms with van der Waals surface area (Å²) in [4.78, 5) is 26.1. The minimum atomic E-state index is 0.201. The summed E-state index contributed by atoms with van der Waals surface area (Å²) in [6.07, 6.45) is 3.99. The number of carbonyl (C=O) groups excluding carboxylic acids is 1. The van der Waals surface area contributed by atoms with Crippen LogP contribution in [-0.2, 0) is 24.2 Å². The van der Waals surface area contributed by atoms with Crippen molar-refractivity contribution in [3.8, 4) is 0 Å². The normalized spacial score (nSPS) is 14.8. The number of hydrogen-bond donors (Lipinski definition) is 1. The highest BCUT2D eigenvalue weighted by atomic mass is 16.2. The van der Waals surface area contributed by atoms with Crippen molar-refractivity contribution < 1.29 is 4.79 Å². The third kappa shape index (κ3) is 5.39. The molecule has 1 aliphatic rings. The summed E-state index contributed by atoms with van der Waals surface area (Å²) < 4.78 is 0. The molecule has 2 aromatic carbocycles. The quantitative estimate of drug-likeness (QED) is 0.637. The van der Waals surface area contributed by atoms with Crippen LogP contribution < -0.4 is 5.73 Å².